The predicted molar refractivity (Wildman–Crippen MR) is 105 cm³/mol. The van der Waals surface area contributed by atoms with E-state index in [0.29, 0.717) is 30.2 Å². The molecular weight excluding hydrogens is 364 g/mol. The Morgan fingerprint density at radius 2 is 1.85 bits per heavy atom. The Morgan fingerprint density at radius 1 is 1.11 bits per heavy atom. The lowest BCUT2D eigenvalue weighted by Gasteiger charge is -2.18. The predicted octanol–water partition coefficient (Wildman–Crippen LogP) is 3.16. The second kappa shape index (κ2) is 8.73. The number of likely N-dealkylation sites (tertiary alicyclic amines) is 1. The van der Waals surface area contributed by atoms with Gasteiger partial charge in [0.25, 0.3) is 11.8 Å². The average Bonchev–Trinajstić information content (AvgIpc) is 3.40. The van der Waals surface area contributed by atoms with E-state index in [9.17, 15) is 9.59 Å². The van der Waals surface area contributed by atoms with Gasteiger partial charge >= 0.3 is 0 Å². The number of rotatable bonds is 6. The van der Waals surface area contributed by atoms with E-state index in [1.807, 2.05) is 17.5 Å². The van der Waals surface area contributed by atoms with E-state index in [1.54, 1.807) is 29.2 Å². The van der Waals surface area contributed by atoms with Crippen molar-refractivity contribution in [3.63, 3.8) is 0 Å². The lowest BCUT2D eigenvalue weighted by molar-refractivity contribution is -0.126. The van der Waals surface area contributed by atoms with Gasteiger partial charge in [-0.05, 0) is 48.6 Å². The number of methoxy groups -OCH3 is 2. The number of ether oxygens (including phenoxy) is 2. The Bertz CT molecular complexity index is 840. The number of thiophene rings is 1. The van der Waals surface area contributed by atoms with E-state index in [0.717, 1.165) is 17.7 Å². The van der Waals surface area contributed by atoms with Crippen LogP contribution < -0.4 is 14.8 Å². The van der Waals surface area contributed by atoms with Crippen molar-refractivity contribution in [3.05, 3.63) is 51.8 Å². The van der Waals surface area contributed by atoms with Gasteiger partial charge in [-0.3, -0.25) is 9.59 Å². The molecule has 1 aromatic carbocycles. The summed E-state index contributed by atoms with van der Waals surface area (Å²) in [6.07, 6.45) is 3.70. The fraction of sp³-hybridized carbons (Fsp3) is 0.300. The number of nitrogens with one attached hydrogen (secondary N) is 1. The van der Waals surface area contributed by atoms with Crippen LogP contribution in [0.25, 0.3) is 6.08 Å². The van der Waals surface area contributed by atoms with Crippen molar-refractivity contribution in [1.29, 1.82) is 0 Å². The summed E-state index contributed by atoms with van der Waals surface area (Å²) in [4.78, 5) is 28.3. The molecule has 1 aromatic heterocycles. The van der Waals surface area contributed by atoms with Crippen LogP contribution in [-0.4, -0.2) is 44.0 Å². The zero-order valence-electron chi connectivity index (χ0n) is 15.4. The summed E-state index contributed by atoms with van der Waals surface area (Å²) in [5, 5.41) is 4.71. The van der Waals surface area contributed by atoms with Crippen LogP contribution in [-0.2, 0) is 4.79 Å². The number of hydrogen-bond acceptors (Lipinski definition) is 5. The minimum atomic E-state index is -0.369. The van der Waals surface area contributed by atoms with Crippen LogP contribution in [0.1, 0.15) is 28.1 Å². The van der Waals surface area contributed by atoms with E-state index in [-0.39, 0.29) is 17.5 Å². The van der Waals surface area contributed by atoms with Gasteiger partial charge in [0.1, 0.15) is 5.70 Å². The molecule has 2 amide bonds. The molecule has 0 atom stereocenters. The van der Waals surface area contributed by atoms with E-state index >= 15 is 0 Å². The van der Waals surface area contributed by atoms with Crippen LogP contribution in [0.3, 0.4) is 0 Å². The third-order valence-corrected chi connectivity index (χ3v) is 5.17. The van der Waals surface area contributed by atoms with Gasteiger partial charge < -0.3 is 19.7 Å². The molecule has 0 bridgehead atoms. The number of nitrogens with zero attached hydrogens (tertiary/aromatic N) is 1. The van der Waals surface area contributed by atoms with Gasteiger partial charge in [-0.25, -0.2) is 0 Å². The topological polar surface area (TPSA) is 67.9 Å². The van der Waals surface area contributed by atoms with Crippen molar-refractivity contribution >= 4 is 29.2 Å². The number of benzene rings is 1. The molecule has 0 spiro atoms. The van der Waals surface area contributed by atoms with E-state index < -0.39 is 0 Å². The first-order chi connectivity index (χ1) is 13.1. The van der Waals surface area contributed by atoms with Crippen molar-refractivity contribution < 1.29 is 19.1 Å². The van der Waals surface area contributed by atoms with Gasteiger partial charge in [-0.1, -0.05) is 6.07 Å². The van der Waals surface area contributed by atoms with Crippen molar-refractivity contribution in [2.24, 2.45) is 0 Å². The number of carbonyl (C=O) groups is 2. The van der Waals surface area contributed by atoms with Crippen molar-refractivity contribution in [2.75, 3.05) is 27.3 Å². The summed E-state index contributed by atoms with van der Waals surface area (Å²) < 4.78 is 10.5. The molecule has 1 N–H and O–H groups in total. The molecule has 0 saturated carbocycles. The summed E-state index contributed by atoms with van der Waals surface area (Å²) in [7, 11) is 3.05. The summed E-state index contributed by atoms with van der Waals surface area (Å²) in [5.41, 5.74) is 0.665. The summed E-state index contributed by atoms with van der Waals surface area (Å²) in [6.45, 7) is 1.43. The summed E-state index contributed by atoms with van der Waals surface area (Å²) in [6, 6.07) is 8.71. The van der Waals surface area contributed by atoms with Crippen molar-refractivity contribution in [1.82, 2.24) is 10.2 Å². The highest BCUT2D eigenvalue weighted by Crippen LogP contribution is 2.27. The maximum atomic E-state index is 12.9. The average molecular weight is 386 g/mol. The lowest BCUT2D eigenvalue weighted by atomic mass is 10.1. The van der Waals surface area contributed by atoms with E-state index in [2.05, 4.69) is 5.32 Å². The maximum Gasteiger partial charge on any atom is 0.270 e. The van der Waals surface area contributed by atoms with Crippen LogP contribution in [0.15, 0.2) is 41.4 Å². The first-order valence-electron chi connectivity index (χ1n) is 8.70. The smallest absolute Gasteiger partial charge is 0.270 e. The Hall–Kier alpha value is -2.80. The molecule has 1 saturated heterocycles. The maximum absolute atomic E-state index is 12.9. The second-order valence-corrected chi connectivity index (χ2v) is 7.08. The van der Waals surface area contributed by atoms with E-state index in [4.69, 9.17) is 9.47 Å². The van der Waals surface area contributed by atoms with Gasteiger partial charge in [0.05, 0.1) is 14.2 Å². The normalized spacial score (nSPS) is 14.1. The Balaban J connectivity index is 1.85. The Labute approximate surface area is 162 Å². The molecule has 27 heavy (non-hydrogen) atoms. The zero-order valence-corrected chi connectivity index (χ0v) is 16.2. The third-order valence-electron chi connectivity index (χ3n) is 4.35. The quantitative estimate of drug-likeness (QED) is 0.775. The fourth-order valence-electron chi connectivity index (χ4n) is 2.93. The molecule has 2 heterocycles. The highest BCUT2D eigenvalue weighted by atomic mass is 32.1. The molecule has 142 valence electrons. The van der Waals surface area contributed by atoms with Crippen LogP contribution >= 0.6 is 11.3 Å². The standard InChI is InChI=1S/C20H22N2O4S/c1-25-17-8-7-14(12-18(17)26-2)19(23)21-16(13-15-6-5-11-27-15)20(24)22-9-3-4-10-22/h5-8,11-13H,3-4,9-10H2,1-2H3,(H,21,23)/b16-13+. The van der Waals surface area contributed by atoms with Crippen LogP contribution in [0.5, 0.6) is 11.5 Å². The third kappa shape index (κ3) is 4.49. The fourth-order valence-corrected chi connectivity index (χ4v) is 3.59. The molecule has 6 nitrogen and oxygen atoms in total. The van der Waals surface area contributed by atoms with Gasteiger partial charge in [0.15, 0.2) is 11.5 Å². The molecule has 1 aliphatic heterocycles. The van der Waals surface area contributed by atoms with Crippen LogP contribution in [0.4, 0.5) is 0 Å². The highest BCUT2D eigenvalue weighted by molar-refractivity contribution is 7.10. The first-order valence-corrected chi connectivity index (χ1v) is 9.58. The minimum absolute atomic E-state index is 0.158. The molecule has 0 radical (unpaired) electrons. The van der Waals surface area contributed by atoms with Crippen molar-refractivity contribution in [2.45, 2.75) is 12.8 Å². The molecule has 3 rings (SSSR count). The minimum Gasteiger partial charge on any atom is -0.493 e. The highest BCUT2D eigenvalue weighted by Gasteiger charge is 2.23. The monoisotopic (exact) mass is 386 g/mol. The van der Waals surface area contributed by atoms with Crippen LogP contribution in [0, 0.1) is 0 Å². The van der Waals surface area contributed by atoms with Gasteiger partial charge in [0, 0.05) is 23.5 Å². The molecule has 2 aromatic rings. The molecule has 0 aliphatic carbocycles. The lowest BCUT2D eigenvalue weighted by Crippen LogP contribution is -2.36. The first kappa shape index (κ1) is 19.0. The van der Waals surface area contributed by atoms with Gasteiger partial charge in [0.2, 0.25) is 0 Å². The van der Waals surface area contributed by atoms with Crippen molar-refractivity contribution in [3.8, 4) is 11.5 Å². The second-order valence-electron chi connectivity index (χ2n) is 6.10. The number of hydrogen-bond donors (Lipinski definition) is 1. The number of carbonyl (C=O) groups excluding carboxylic acids is 2. The Kier molecular flexibility index (Phi) is 6.13. The SMILES string of the molecule is COc1ccc(C(=O)N/C(=C/c2cccs2)C(=O)N2CCCC2)cc1OC. The van der Waals surface area contributed by atoms with E-state index in [1.165, 1.54) is 25.6 Å². The van der Waals surface area contributed by atoms with Gasteiger partial charge in [-0.2, -0.15) is 0 Å². The summed E-state index contributed by atoms with van der Waals surface area (Å²) in [5.74, 6) is 0.470. The summed E-state index contributed by atoms with van der Waals surface area (Å²) >= 11 is 1.51. The molecule has 1 aliphatic rings. The molecule has 7 heteroatoms. The number of amides is 2. The zero-order chi connectivity index (χ0) is 19.2. The Morgan fingerprint density at radius 3 is 2.48 bits per heavy atom. The molecular formula is C20H22N2O4S. The largest absolute Gasteiger partial charge is 0.493 e. The van der Waals surface area contributed by atoms with Crippen LogP contribution in [0.2, 0.25) is 0 Å². The molecule has 1 fully saturated rings. The molecule has 0 unspecified atom stereocenters. The van der Waals surface area contributed by atoms with Gasteiger partial charge in [-0.15, -0.1) is 11.3 Å².